The van der Waals surface area contributed by atoms with Crippen LogP contribution in [0.4, 0.5) is 5.69 Å². The van der Waals surface area contributed by atoms with Crippen LogP contribution >= 0.6 is 22.9 Å². The largest absolute Gasteiger partial charge is 0.368 e. The normalized spacial score (nSPS) is 17.2. The molecule has 1 atom stereocenters. The lowest BCUT2D eigenvalue weighted by Gasteiger charge is -2.24. The van der Waals surface area contributed by atoms with E-state index in [4.69, 9.17) is 11.6 Å². The van der Waals surface area contributed by atoms with Crippen LogP contribution in [0.15, 0.2) is 29.6 Å². The highest BCUT2D eigenvalue weighted by Gasteiger charge is 2.24. The minimum absolute atomic E-state index is 0.526. The highest BCUT2D eigenvalue weighted by molar-refractivity contribution is 7.09. The molecule has 0 radical (unpaired) electrons. The molecule has 3 rings (SSSR count). The van der Waals surface area contributed by atoms with Gasteiger partial charge in [-0.05, 0) is 44.2 Å². The van der Waals surface area contributed by atoms with Crippen molar-refractivity contribution in [2.75, 3.05) is 11.4 Å². The number of rotatable bonds is 6. The Hall–Kier alpha value is -1.06. The summed E-state index contributed by atoms with van der Waals surface area (Å²) in [5.41, 5.74) is 3.94. The van der Waals surface area contributed by atoms with E-state index in [1.165, 1.54) is 35.5 Å². The first-order chi connectivity index (χ1) is 10.3. The Kier molecular flexibility index (Phi) is 4.81. The minimum Gasteiger partial charge on any atom is -0.368 e. The van der Waals surface area contributed by atoms with Crippen LogP contribution in [-0.4, -0.2) is 17.6 Å². The average Bonchev–Trinajstić information content (AvgIpc) is 3.08. The average molecular weight is 321 g/mol. The summed E-state index contributed by atoms with van der Waals surface area (Å²) in [6, 6.07) is 9.44. The Morgan fingerprint density at radius 3 is 3.00 bits per heavy atom. The third-order valence-corrected chi connectivity index (χ3v) is 5.36. The molecule has 0 bridgehead atoms. The first-order valence-corrected chi connectivity index (χ1v) is 9.03. The molecular weight excluding hydrogens is 300 g/mol. The van der Waals surface area contributed by atoms with E-state index in [-0.39, 0.29) is 0 Å². The van der Waals surface area contributed by atoms with Crippen molar-refractivity contribution >= 4 is 28.6 Å². The minimum atomic E-state index is 0.526. The van der Waals surface area contributed by atoms with E-state index in [0.29, 0.717) is 11.9 Å². The van der Waals surface area contributed by atoms with Crippen molar-refractivity contribution in [2.24, 2.45) is 0 Å². The van der Waals surface area contributed by atoms with Crippen molar-refractivity contribution in [1.29, 1.82) is 0 Å². The Morgan fingerprint density at radius 2 is 2.19 bits per heavy atom. The van der Waals surface area contributed by atoms with Crippen LogP contribution in [0.2, 0.25) is 0 Å². The first kappa shape index (κ1) is 14.9. The summed E-state index contributed by atoms with van der Waals surface area (Å²) in [6.07, 6.45) is 4.67. The quantitative estimate of drug-likeness (QED) is 0.568. The van der Waals surface area contributed by atoms with E-state index in [1.54, 1.807) is 11.3 Å². The number of para-hydroxylation sites is 1. The molecule has 1 unspecified atom stereocenters. The molecule has 0 N–H and O–H groups in total. The number of anilines is 1. The zero-order valence-electron chi connectivity index (χ0n) is 12.4. The van der Waals surface area contributed by atoms with E-state index < -0.39 is 0 Å². The summed E-state index contributed by atoms with van der Waals surface area (Å²) in [5.74, 6) is 0.526. The maximum atomic E-state index is 5.79. The molecule has 0 fully saturated rings. The topological polar surface area (TPSA) is 16.1 Å². The molecule has 4 heteroatoms. The fourth-order valence-corrected chi connectivity index (χ4v) is 4.12. The van der Waals surface area contributed by atoms with Gasteiger partial charge >= 0.3 is 0 Å². The van der Waals surface area contributed by atoms with Gasteiger partial charge in [-0.3, -0.25) is 0 Å². The molecule has 0 saturated carbocycles. The van der Waals surface area contributed by atoms with E-state index in [9.17, 15) is 0 Å². The molecule has 112 valence electrons. The number of hydrogen-bond acceptors (Lipinski definition) is 3. The third kappa shape index (κ3) is 3.41. The van der Waals surface area contributed by atoms with Gasteiger partial charge in [0.2, 0.25) is 0 Å². The van der Waals surface area contributed by atoms with Crippen molar-refractivity contribution in [3.63, 3.8) is 0 Å². The van der Waals surface area contributed by atoms with Crippen LogP contribution in [0.25, 0.3) is 0 Å². The summed E-state index contributed by atoms with van der Waals surface area (Å²) in [5, 5.41) is 3.29. The second-order valence-electron chi connectivity index (χ2n) is 5.70. The number of nitrogens with zero attached hydrogens (tertiary/aromatic N) is 2. The lowest BCUT2D eigenvalue weighted by Crippen LogP contribution is -2.30. The molecule has 21 heavy (non-hydrogen) atoms. The molecule has 2 nitrogen and oxygen atoms in total. The van der Waals surface area contributed by atoms with Crippen LogP contribution in [0.3, 0.4) is 0 Å². The first-order valence-electron chi connectivity index (χ1n) is 7.61. The Balaban J connectivity index is 1.49. The molecule has 0 saturated heterocycles. The number of aryl methyl sites for hydroxylation is 1. The third-order valence-electron chi connectivity index (χ3n) is 4.12. The van der Waals surface area contributed by atoms with Gasteiger partial charge in [0.1, 0.15) is 0 Å². The predicted molar refractivity (Wildman–Crippen MR) is 91.6 cm³/mol. The van der Waals surface area contributed by atoms with Crippen molar-refractivity contribution < 1.29 is 0 Å². The summed E-state index contributed by atoms with van der Waals surface area (Å²) < 4.78 is 0. The second kappa shape index (κ2) is 6.80. The molecular formula is C17H21ClN2S. The second-order valence-corrected chi connectivity index (χ2v) is 6.91. The Bertz CT molecular complexity index is 596. The van der Waals surface area contributed by atoms with Gasteiger partial charge in [0.05, 0.1) is 16.6 Å². The molecule has 0 aliphatic carbocycles. The molecule has 0 amide bonds. The zero-order valence-corrected chi connectivity index (χ0v) is 14.0. The van der Waals surface area contributed by atoms with Gasteiger partial charge in [0.25, 0.3) is 0 Å². The lowest BCUT2D eigenvalue weighted by atomic mass is 10.1. The fraction of sp³-hybridized carbons (Fsp3) is 0.471. The zero-order chi connectivity index (χ0) is 14.7. The lowest BCUT2D eigenvalue weighted by molar-refractivity contribution is 0.627. The van der Waals surface area contributed by atoms with Crippen LogP contribution < -0.4 is 4.90 Å². The number of halogens is 1. The fourth-order valence-electron chi connectivity index (χ4n) is 3.05. The van der Waals surface area contributed by atoms with Crippen molar-refractivity contribution in [3.8, 4) is 0 Å². The van der Waals surface area contributed by atoms with Crippen molar-refractivity contribution in [2.45, 2.75) is 44.5 Å². The number of alkyl halides is 1. The molecule has 1 aliphatic rings. The highest BCUT2D eigenvalue weighted by atomic mass is 35.5. The highest BCUT2D eigenvalue weighted by Crippen LogP contribution is 2.31. The summed E-state index contributed by atoms with van der Waals surface area (Å²) in [4.78, 5) is 7.08. The number of hydrogen-bond donors (Lipinski definition) is 0. The molecule has 1 aliphatic heterocycles. The Morgan fingerprint density at radius 1 is 1.33 bits per heavy atom. The van der Waals surface area contributed by atoms with Gasteiger partial charge in [0, 0.05) is 23.7 Å². The van der Waals surface area contributed by atoms with Crippen LogP contribution in [-0.2, 0) is 18.7 Å². The summed E-state index contributed by atoms with van der Waals surface area (Å²) >= 11 is 7.53. The van der Waals surface area contributed by atoms with Crippen LogP contribution in [0.5, 0.6) is 0 Å². The molecule has 1 aromatic heterocycles. The molecule has 2 heterocycles. The van der Waals surface area contributed by atoms with E-state index in [0.717, 1.165) is 18.7 Å². The van der Waals surface area contributed by atoms with Crippen LogP contribution in [0.1, 0.15) is 36.0 Å². The van der Waals surface area contributed by atoms with E-state index in [1.807, 2.05) is 0 Å². The van der Waals surface area contributed by atoms with Crippen molar-refractivity contribution in [1.82, 2.24) is 4.98 Å². The number of benzene rings is 1. The Labute approximate surface area is 135 Å². The van der Waals surface area contributed by atoms with Gasteiger partial charge in [-0.2, -0.15) is 0 Å². The van der Waals surface area contributed by atoms with Crippen molar-refractivity contribution in [3.05, 3.63) is 45.9 Å². The summed E-state index contributed by atoms with van der Waals surface area (Å²) in [6.45, 7) is 3.47. The van der Waals surface area contributed by atoms with E-state index in [2.05, 4.69) is 46.5 Å². The number of fused-ring (bicyclic) bond motifs is 1. The molecule has 1 aromatic carbocycles. The van der Waals surface area contributed by atoms with Crippen LogP contribution in [0, 0.1) is 0 Å². The monoisotopic (exact) mass is 320 g/mol. The SMILES string of the molecule is CC1Cc2ccccc2N1CCCCc1nc(CCl)cs1. The number of aromatic nitrogens is 1. The molecule has 0 spiro atoms. The maximum absolute atomic E-state index is 5.79. The van der Waals surface area contributed by atoms with Gasteiger partial charge in [-0.25, -0.2) is 4.98 Å². The van der Waals surface area contributed by atoms with Gasteiger partial charge < -0.3 is 4.90 Å². The predicted octanol–water partition coefficient (Wildman–Crippen LogP) is 4.66. The van der Waals surface area contributed by atoms with Gasteiger partial charge in [-0.15, -0.1) is 22.9 Å². The molecule has 2 aromatic rings. The van der Waals surface area contributed by atoms with Gasteiger partial charge in [-0.1, -0.05) is 18.2 Å². The van der Waals surface area contributed by atoms with Gasteiger partial charge in [0.15, 0.2) is 0 Å². The standard InChI is InChI=1S/C17H21ClN2S/c1-13-10-14-6-2-3-7-16(14)20(13)9-5-4-8-17-19-15(11-18)12-21-17/h2-3,6-7,12-13H,4-5,8-11H2,1H3. The van der Waals surface area contributed by atoms with E-state index >= 15 is 0 Å². The number of thiazole rings is 1. The maximum Gasteiger partial charge on any atom is 0.0928 e. The number of unbranched alkanes of at least 4 members (excludes halogenated alkanes) is 1. The summed E-state index contributed by atoms with van der Waals surface area (Å²) in [7, 11) is 0. The smallest absolute Gasteiger partial charge is 0.0928 e.